The first kappa shape index (κ1) is 13.4. The molecule has 1 aliphatic heterocycles. The Morgan fingerprint density at radius 2 is 2.14 bits per heavy atom. The van der Waals surface area contributed by atoms with Crippen molar-refractivity contribution in [3.8, 4) is 6.07 Å². The van der Waals surface area contributed by atoms with Gasteiger partial charge < -0.3 is 15.0 Å². The molecule has 0 bridgehead atoms. The number of benzene rings is 1. The molecule has 0 radical (unpaired) electrons. The summed E-state index contributed by atoms with van der Waals surface area (Å²) in [5, 5.41) is 20.1. The Hall–Kier alpha value is -2.32. The molecule has 4 rings (SSSR count). The molecule has 1 saturated carbocycles. The van der Waals surface area contributed by atoms with Gasteiger partial charge in [0.25, 0.3) is 5.56 Å². The quantitative estimate of drug-likeness (QED) is 0.886. The fraction of sp³-hybridized carbons (Fsp3) is 0.412. The maximum absolute atomic E-state index is 12.2. The van der Waals surface area contributed by atoms with Gasteiger partial charge in [-0.05, 0) is 42.9 Å². The fourth-order valence-corrected chi connectivity index (χ4v) is 3.34. The van der Waals surface area contributed by atoms with Crippen LogP contribution in [-0.4, -0.2) is 29.3 Å². The topological polar surface area (TPSA) is 80.1 Å². The molecule has 2 N–H and O–H groups in total. The normalized spacial score (nSPS) is 21.3. The van der Waals surface area contributed by atoms with Crippen molar-refractivity contribution in [1.29, 1.82) is 5.26 Å². The Kier molecular flexibility index (Phi) is 2.95. The molecule has 1 aromatic heterocycles. The number of aromatic amines is 1. The van der Waals surface area contributed by atoms with Gasteiger partial charge in [-0.15, -0.1) is 0 Å². The van der Waals surface area contributed by atoms with E-state index in [1.165, 1.54) is 18.4 Å². The van der Waals surface area contributed by atoms with Gasteiger partial charge in [-0.3, -0.25) is 4.79 Å². The number of anilines is 1. The van der Waals surface area contributed by atoms with Crippen LogP contribution in [0.5, 0.6) is 0 Å². The summed E-state index contributed by atoms with van der Waals surface area (Å²) in [7, 11) is 0. The zero-order chi connectivity index (χ0) is 15.3. The van der Waals surface area contributed by atoms with E-state index >= 15 is 0 Å². The van der Waals surface area contributed by atoms with E-state index < -0.39 is 6.10 Å². The monoisotopic (exact) mass is 295 g/mol. The van der Waals surface area contributed by atoms with Gasteiger partial charge in [-0.1, -0.05) is 6.07 Å². The second-order valence-corrected chi connectivity index (χ2v) is 6.26. The van der Waals surface area contributed by atoms with Gasteiger partial charge in [-0.25, -0.2) is 0 Å². The number of hydrogen-bond acceptors (Lipinski definition) is 4. The smallest absolute Gasteiger partial charge is 0.268 e. The van der Waals surface area contributed by atoms with Crippen molar-refractivity contribution in [2.24, 2.45) is 0 Å². The van der Waals surface area contributed by atoms with Crippen molar-refractivity contribution < 1.29 is 5.11 Å². The lowest BCUT2D eigenvalue weighted by Crippen LogP contribution is -2.26. The van der Waals surface area contributed by atoms with Gasteiger partial charge in [0.15, 0.2) is 0 Å². The van der Waals surface area contributed by atoms with Crippen LogP contribution in [0.15, 0.2) is 23.0 Å². The predicted octanol–water partition coefficient (Wildman–Crippen LogP) is 1.85. The number of nitrogens with one attached hydrogen (secondary N) is 1. The minimum Gasteiger partial charge on any atom is -0.391 e. The Labute approximate surface area is 127 Å². The lowest BCUT2D eigenvalue weighted by Gasteiger charge is -2.21. The maximum Gasteiger partial charge on any atom is 0.268 e. The molecule has 1 aliphatic carbocycles. The highest BCUT2D eigenvalue weighted by Crippen LogP contribution is 2.42. The third-order valence-electron chi connectivity index (χ3n) is 4.65. The Morgan fingerprint density at radius 1 is 1.32 bits per heavy atom. The molecular weight excluding hydrogens is 278 g/mol. The van der Waals surface area contributed by atoms with Crippen molar-refractivity contribution in [1.82, 2.24) is 4.98 Å². The summed E-state index contributed by atoms with van der Waals surface area (Å²) in [5.41, 5.74) is 2.50. The van der Waals surface area contributed by atoms with E-state index in [-0.39, 0.29) is 11.1 Å². The van der Waals surface area contributed by atoms with E-state index in [4.69, 9.17) is 0 Å². The molecule has 112 valence electrons. The third kappa shape index (κ3) is 2.08. The molecular formula is C17H17N3O2. The zero-order valence-corrected chi connectivity index (χ0v) is 12.2. The maximum atomic E-state index is 12.2. The molecule has 0 unspecified atom stereocenters. The number of rotatable bonds is 2. The number of aromatic nitrogens is 1. The fourth-order valence-electron chi connectivity index (χ4n) is 3.34. The van der Waals surface area contributed by atoms with Crippen LogP contribution in [0.25, 0.3) is 10.9 Å². The van der Waals surface area contributed by atoms with Crippen LogP contribution >= 0.6 is 0 Å². The predicted molar refractivity (Wildman–Crippen MR) is 84.1 cm³/mol. The standard InChI is InChI=1S/C17H17N3O2/c18-8-14-16(20-6-5-12(21)9-20)13-7-11(10-1-2-10)3-4-15(13)19-17(14)22/h3-4,7,10,12,21H,1-2,5-6,9H2,(H,19,22)/t12-/m0/s1. The highest BCUT2D eigenvalue weighted by Gasteiger charge is 2.28. The van der Waals surface area contributed by atoms with E-state index in [0.29, 0.717) is 31.1 Å². The molecule has 2 fully saturated rings. The van der Waals surface area contributed by atoms with Crippen LogP contribution in [0, 0.1) is 11.3 Å². The molecule has 1 saturated heterocycles. The second-order valence-electron chi connectivity index (χ2n) is 6.26. The van der Waals surface area contributed by atoms with Crippen molar-refractivity contribution >= 4 is 16.6 Å². The summed E-state index contributed by atoms with van der Waals surface area (Å²) in [6.45, 7) is 1.14. The largest absolute Gasteiger partial charge is 0.391 e. The van der Waals surface area contributed by atoms with Gasteiger partial charge in [0.2, 0.25) is 0 Å². The van der Waals surface area contributed by atoms with E-state index in [2.05, 4.69) is 17.1 Å². The molecule has 1 atom stereocenters. The van der Waals surface area contributed by atoms with E-state index in [1.807, 2.05) is 17.0 Å². The average molecular weight is 295 g/mol. The average Bonchev–Trinajstić information content (AvgIpc) is 3.27. The Bertz CT molecular complexity index is 845. The second kappa shape index (κ2) is 4.85. The van der Waals surface area contributed by atoms with E-state index in [1.54, 1.807) is 0 Å². The van der Waals surface area contributed by atoms with Crippen molar-refractivity contribution in [2.75, 3.05) is 18.0 Å². The molecule has 0 spiro atoms. The molecule has 1 aromatic carbocycles. The van der Waals surface area contributed by atoms with Gasteiger partial charge >= 0.3 is 0 Å². The molecule has 5 heteroatoms. The van der Waals surface area contributed by atoms with Gasteiger partial charge in [0.05, 0.1) is 17.3 Å². The summed E-state index contributed by atoms with van der Waals surface area (Å²) < 4.78 is 0. The highest BCUT2D eigenvalue weighted by molar-refractivity contribution is 5.95. The molecule has 2 aromatic rings. The first-order valence-corrected chi connectivity index (χ1v) is 7.70. The first-order chi connectivity index (χ1) is 10.7. The van der Waals surface area contributed by atoms with E-state index in [0.717, 1.165) is 10.9 Å². The van der Waals surface area contributed by atoms with Gasteiger partial charge in [0.1, 0.15) is 11.6 Å². The number of nitriles is 1. The van der Waals surface area contributed by atoms with Crippen LogP contribution in [0.1, 0.15) is 36.3 Å². The molecule has 22 heavy (non-hydrogen) atoms. The van der Waals surface area contributed by atoms with Crippen LogP contribution in [0.2, 0.25) is 0 Å². The Balaban J connectivity index is 1.98. The van der Waals surface area contributed by atoms with Gasteiger partial charge in [0, 0.05) is 18.5 Å². The van der Waals surface area contributed by atoms with Crippen LogP contribution in [-0.2, 0) is 0 Å². The number of β-amino-alcohol motifs (C(OH)–C–C–N with tert-alkyl or cyclic N) is 1. The number of pyridine rings is 1. The number of nitrogens with zero attached hydrogens (tertiary/aromatic N) is 2. The molecule has 2 aliphatic rings. The zero-order valence-electron chi connectivity index (χ0n) is 12.2. The first-order valence-electron chi connectivity index (χ1n) is 7.70. The number of H-pyrrole nitrogens is 1. The third-order valence-corrected chi connectivity index (χ3v) is 4.65. The van der Waals surface area contributed by atoms with Gasteiger partial charge in [-0.2, -0.15) is 5.26 Å². The van der Waals surface area contributed by atoms with Crippen molar-refractivity contribution in [3.63, 3.8) is 0 Å². The van der Waals surface area contributed by atoms with Crippen LogP contribution < -0.4 is 10.5 Å². The lowest BCUT2D eigenvalue weighted by atomic mass is 10.0. The summed E-state index contributed by atoms with van der Waals surface area (Å²) in [5.74, 6) is 0.610. The highest BCUT2D eigenvalue weighted by atomic mass is 16.3. The lowest BCUT2D eigenvalue weighted by molar-refractivity contribution is 0.198. The summed E-state index contributed by atoms with van der Waals surface area (Å²) in [6.07, 6.45) is 2.68. The van der Waals surface area contributed by atoms with E-state index in [9.17, 15) is 15.2 Å². The number of fused-ring (bicyclic) bond motifs is 1. The SMILES string of the molecule is N#Cc1c(N2CC[C@H](O)C2)c2cc(C3CC3)ccc2[nH]c1=O. The summed E-state index contributed by atoms with van der Waals surface area (Å²) >= 11 is 0. The molecule has 0 amide bonds. The van der Waals surface area contributed by atoms with Crippen molar-refractivity contribution in [2.45, 2.75) is 31.3 Å². The van der Waals surface area contributed by atoms with Crippen LogP contribution in [0.4, 0.5) is 5.69 Å². The van der Waals surface area contributed by atoms with Crippen molar-refractivity contribution in [3.05, 3.63) is 39.7 Å². The minimum absolute atomic E-state index is 0.148. The Morgan fingerprint density at radius 3 is 2.77 bits per heavy atom. The summed E-state index contributed by atoms with van der Waals surface area (Å²) in [4.78, 5) is 17.0. The minimum atomic E-state index is -0.396. The molecule has 2 heterocycles. The molecule has 5 nitrogen and oxygen atoms in total. The summed E-state index contributed by atoms with van der Waals surface area (Å²) in [6, 6.07) is 8.14. The number of aliphatic hydroxyl groups is 1. The number of aliphatic hydroxyl groups excluding tert-OH is 1. The van der Waals surface area contributed by atoms with Crippen LogP contribution in [0.3, 0.4) is 0 Å². The number of hydrogen-bond donors (Lipinski definition) is 2.